The fourth-order valence-electron chi connectivity index (χ4n) is 2.75. The molecule has 0 aromatic heterocycles. The normalized spacial score (nSPS) is 14.9. The van der Waals surface area contributed by atoms with Crippen molar-refractivity contribution in [3.05, 3.63) is 28.7 Å². The van der Waals surface area contributed by atoms with Crippen molar-refractivity contribution >= 4 is 52.2 Å². The van der Waals surface area contributed by atoms with Crippen LogP contribution in [0.1, 0.15) is 25.8 Å². The van der Waals surface area contributed by atoms with Gasteiger partial charge in [-0.15, -0.1) is 0 Å². The van der Waals surface area contributed by atoms with Gasteiger partial charge in [-0.1, -0.05) is 30.0 Å². The fourth-order valence-corrected chi connectivity index (χ4v) is 4.06. The summed E-state index contributed by atoms with van der Waals surface area (Å²) in [7, 11) is 1.49. The number of thiocarbonyl (C=S) groups is 1. The number of benzene rings is 1. The fraction of sp³-hybridized carbons (Fsp3) is 0.400. The van der Waals surface area contributed by atoms with Crippen LogP contribution in [0.3, 0.4) is 0 Å². The predicted octanol–water partition coefficient (Wildman–Crippen LogP) is 2.62. The summed E-state index contributed by atoms with van der Waals surface area (Å²) in [6.45, 7) is 4.97. The number of nitrogens with zero attached hydrogens (tertiary/aromatic N) is 2. The number of carbonyl (C=O) groups is 3. The third-order valence-electron chi connectivity index (χ3n) is 4.38. The molecule has 0 bridgehead atoms. The summed E-state index contributed by atoms with van der Waals surface area (Å²) in [5.74, 6) is -0.582. The first-order valence-corrected chi connectivity index (χ1v) is 10.6. The Balaban J connectivity index is 2.12. The molecule has 2 amide bonds. The number of hydrogen-bond acceptors (Lipinski definition) is 7. The number of aliphatic carboxylic acids is 1. The van der Waals surface area contributed by atoms with E-state index >= 15 is 0 Å². The number of thioether (sulfide) groups is 1. The first kappa shape index (κ1) is 23.7. The number of ether oxygens (including phenoxy) is 2. The third-order valence-corrected chi connectivity index (χ3v) is 5.75. The molecule has 1 aliphatic rings. The minimum absolute atomic E-state index is 0.0357. The van der Waals surface area contributed by atoms with Crippen molar-refractivity contribution in [2.45, 2.75) is 20.3 Å². The minimum Gasteiger partial charge on any atom is -0.493 e. The molecule has 0 saturated carbocycles. The van der Waals surface area contributed by atoms with E-state index in [2.05, 4.69) is 0 Å². The number of carboxylic acid groups (broad SMARTS) is 1. The van der Waals surface area contributed by atoms with Crippen LogP contribution < -0.4 is 9.47 Å². The summed E-state index contributed by atoms with van der Waals surface area (Å²) in [4.78, 5) is 38.8. The summed E-state index contributed by atoms with van der Waals surface area (Å²) in [5, 5.41) is 8.82. The van der Waals surface area contributed by atoms with E-state index < -0.39 is 5.97 Å². The van der Waals surface area contributed by atoms with Crippen LogP contribution in [0.4, 0.5) is 0 Å². The Kier molecular flexibility index (Phi) is 8.67. The minimum atomic E-state index is -0.993. The van der Waals surface area contributed by atoms with Crippen molar-refractivity contribution < 1.29 is 29.0 Å². The molecule has 0 unspecified atom stereocenters. The number of likely N-dealkylation sites (N-methyl/N-ethyl adjacent to an activating group) is 1. The SMILES string of the molecule is CCN(CC)C(=O)COc1ccc(/C=C2/SC(=S)N(CCC(=O)O)C2=O)cc1OC. The molecule has 162 valence electrons. The van der Waals surface area contributed by atoms with Crippen molar-refractivity contribution in [2.75, 3.05) is 33.4 Å². The molecule has 1 heterocycles. The van der Waals surface area contributed by atoms with E-state index in [1.165, 1.54) is 12.0 Å². The third kappa shape index (κ3) is 5.96. The smallest absolute Gasteiger partial charge is 0.305 e. The van der Waals surface area contributed by atoms with Gasteiger partial charge in [0.05, 0.1) is 18.4 Å². The van der Waals surface area contributed by atoms with Crippen molar-refractivity contribution in [1.29, 1.82) is 0 Å². The molecule has 0 aliphatic carbocycles. The van der Waals surface area contributed by atoms with Gasteiger partial charge in [0.15, 0.2) is 18.1 Å². The molecule has 1 aliphatic heterocycles. The largest absolute Gasteiger partial charge is 0.493 e. The van der Waals surface area contributed by atoms with Crippen LogP contribution in [0, 0.1) is 0 Å². The van der Waals surface area contributed by atoms with Crippen LogP contribution in [0.25, 0.3) is 6.08 Å². The summed E-state index contributed by atoms with van der Waals surface area (Å²) in [6, 6.07) is 5.11. The number of hydrogen-bond donors (Lipinski definition) is 1. The van der Waals surface area contributed by atoms with Crippen LogP contribution in [0.15, 0.2) is 23.1 Å². The molecule has 1 aromatic carbocycles. The number of methoxy groups -OCH3 is 1. The molecule has 1 aromatic rings. The maximum Gasteiger partial charge on any atom is 0.305 e. The second kappa shape index (κ2) is 11.0. The van der Waals surface area contributed by atoms with E-state index in [1.807, 2.05) is 13.8 Å². The second-order valence-corrected chi connectivity index (χ2v) is 7.92. The van der Waals surface area contributed by atoms with Crippen molar-refractivity contribution in [2.24, 2.45) is 0 Å². The molecule has 0 spiro atoms. The summed E-state index contributed by atoms with van der Waals surface area (Å²) < 4.78 is 11.3. The van der Waals surface area contributed by atoms with Crippen LogP contribution in [0.2, 0.25) is 0 Å². The molecule has 8 nitrogen and oxygen atoms in total. The lowest BCUT2D eigenvalue weighted by Gasteiger charge is -2.19. The van der Waals surface area contributed by atoms with Gasteiger partial charge in [-0.25, -0.2) is 0 Å². The average molecular weight is 453 g/mol. The van der Waals surface area contributed by atoms with Gasteiger partial charge in [0, 0.05) is 19.6 Å². The molecule has 1 fully saturated rings. The van der Waals surface area contributed by atoms with E-state index in [0.717, 1.165) is 11.8 Å². The van der Waals surface area contributed by atoms with Crippen molar-refractivity contribution in [1.82, 2.24) is 9.80 Å². The maximum atomic E-state index is 12.5. The van der Waals surface area contributed by atoms with Gasteiger partial charge in [0.2, 0.25) is 0 Å². The molecule has 0 radical (unpaired) electrons. The number of carbonyl (C=O) groups excluding carboxylic acids is 2. The molecule has 1 saturated heterocycles. The highest BCUT2D eigenvalue weighted by Crippen LogP contribution is 2.34. The van der Waals surface area contributed by atoms with Crippen molar-refractivity contribution in [3.63, 3.8) is 0 Å². The number of amides is 2. The molecule has 10 heteroatoms. The predicted molar refractivity (Wildman–Crippen MR) is 119 cm³/mol. The van der Waals surface area contributed by atoms with Gasteiger partial charge in [0.25, 0.3) is 11.8 Å². The summed E-state index contributed by atoms with van der Waals surface area (Å²) in [6.07, 6.45) is 1.49. The first-order valence-electron chi connectivity index (χ1n) is 9.36. The topological polar surface area (TPSA) is 96.4 Å². The highest BCUT2D eigenvalue weighted by atomic mass is 32.2. The Morgan fingerprint density at radius 2 is 1.97 bits per heavy atom. The molecular formula is C20H24N2O6S2. The lowest BCUT2D eigenvalue weighted by molar-refractivity contribution is -0.137. The van der Waals surface area contributed by atoms with Gasteiger partial charge in [0.1, 0.15) is 4.32 Å². The van der Waals surface area contributed by atoms with Crippen LogP contribution >= 0.6 is 24.0 Å². The quantitative estimate of drug-likeness (QED) is 0.428. The molecule has 0 atom stereocenters. The maximum absolute atomic E-state index is 12.5. The molecule has 2 rings (SSSR count). The van der Waals surface area contributed by atoms with Gasteiger partial charge in [-0.05, 0) is 37.6 Å². The Bertz CT molecular complexity index is 867. The molecular weight excluding hydrogens is 428 g/mol. The van der Waals surface area contributed by atoms with Gasteiger partial charge < -0.3 is 19.5 Å². The molecule has 1 N–H and O–H groups in total. The lowest BCUT2D eigenvalue weighted by Crippen LogP contribution is -2.34. The van der Waals surface area contributed by atoms with Crippen LogP contribution in [-0.4, -0.2) is 70.4 Å². The van der Waals surface area contributed by atoms with Crippen molar-refractivity contribution in [3.8, 4) is 11.5 Å². The van der Waals surface area contributed by atoms with Gasteiger partial charge in [-0.2, -0.15) is 0 Å². The number of rotatable bonds is 10. The monoisotopic (exact) mass is 452 g/mol. The van der Waals surface area contributed by atoms with E-state index in [-0.39, 0.29) is 31.4 Å². The van der Waals surface area contributed by atoms with E-state index in [4.69, 9.17) is 26.8 Å². The first-order chi connectivity index (χ1) is 14.3. The Morgan fingerprint density at radius 1 is 1.27 bits per heavy atom. The summed E-state index contributed by atoms with van der Waals surface area (Å²) in [5.41, 5.74) is 0.688. The Hall–Kier alpha value is -2.59. The zero-order valence-corrected chi connectivity index (χ0v) is 18.7. The Morgan fingerprint density at radius 3 is 2.57 bits per heavy atom. The Labute approximate surface area is 184 Å². The zero-order chi connectivity index (χ0) is 22.3. The second-order valence-electron chi connectivity index (χ2n) is 6.24. The van der Waals surface area contributed by atoms with E-state index in [9.17, 15) is 14.4 Å². The number of carboxylic acids is 1. The lowest BCUT2D eigenvalue weighted by atomic mass is 10.2. The molecule has 30 heavy (non-hydrogen) atoms. The highest BCUT2D eigenvalue weighted by molar-refractivity contribution is 8.26. The van der Waals surface area contributed by atoms with Gasteiger partial charge in [-0.3, -0.25) is 19.3 Å². The van der Waals surface area contributed by atoms with E-state index in [1.54, 1.807) is 29.2 Å². The standard InChI is InChI=1S/C20H24N2O6S2/c1-4-21(5-2)17(23)12-28-14-7-6-13(10-15(14)27-3)11-16-19(26)22(20(29)30-16)9-8-18(24)25/h6-7,10-11H,4-5,8-9,12H2,1-3H3,(H,24,25)/b16-11+. The van der Waals surface area contributed by atoms with E-state index in [0.29, 0.717) is 39.4 Å². The zero-order valence-electron chi connectivity index (χ0n) is 17.0. The van der Waals surface area contributed by atoms with Crippen LogP contribution in [0.5, 0.6) is 11.5 Å². The summed E-state index contributed by atoms with van der Waals surface area (Å²) >= 11 is 6.31. The average Bonchev–Trinajstić information content (AvgIpc) is 2.98. The highest BCUT2D eigenvalue weighted by Gasteiger charge is 2.32. The van der Waals surface area contributed by atoms with Gasteiger partial charge >= 0.3 is 5.97 Å². The van der Waals surface area contributed by atoms with Crippen LogP contribution in [-0.2, 0) is 14.4 Å².